The van der Waals surface area contributed by atoms with Gasteiger partial charge in [0.1, 0.15) is 0 Å². The number of rotatable bonds is 8. The van der Waals surface area contributed by atoms with Gasteiger partial charge in [0, 0.05) is 5.70 Å². The molecule has 0 spiro atoms. The first kappa shape index (κ1) is 21.6. The Morgan fingerprint density at radius 3 is 2.46 bits per heavy atom. The number of hydrogen-bond acceptors (Lipinski definition) is 5. The van der Waals surface area contributed by atoms with Crippen molar-refractivity contribution in [3.05, 3.63) is 35.0 Å². The number of benzene rings is 1. The van der Waals surface area contributed by atoms with Crippen molar-refractivity contribution >= 4 is 12.0 Å². The Kier molecular flexibility index (Phi) is 7.31. The second-order valence-corrected chi connectivity index (χ2v) is 7.23. The predicted molar refractivity (Wildman–Crippen MR) is 106 cm³/mol. The summed E-state index contributed by atoms with van der Waals surface area (Å²) in [5, 5.41) is 5.60. The smallest absolute Gasteiger partial charge is 0.338 e. The Morgan fingerprint density at radius 1 is 1.18 bits per heavy atom. The first-order valence-electron chi connectivity index (χ1n) is 9.61. The monoisotopic (exact) mass is 390 g/mol. The Hall–Kier alpha value is -2.70. The summed E-state index contributed by atoms with van der Waals surface area (Å²) in [5.41, 5.74) is 1.68. The van der Waals surface area contributed by atoms with Gasteiger partial charge in [-0.2, -0.15) is 0 Å². The van der Waals surface area contributed by atoms with Crippen LogP contribution in [-0.2, 0) is 9.53 Å². The fraction of sp³-hybridized carbons (Fsp3) is 0.524. The second kappa shape index (κ2) is 9.48. The third kappa shape index (κ3) is 4.97. The standard InChI is InChI=1S/C21H30N2O5/c1-7-10-27-16-11-14(8-9-15(16)26-6)19-17(20(24)28-13(4)5)18(12(2)3)22-21(25)23-19/h8-9,11-13,19H,7,10H2,1-6H3,(H2,22,23,25). The summed E-state index contributed by atoms with van der Waals surface area (Å²) in [6.45, 7) is 9.98. The van der Waals surface area contributed by atoms with Crippen LogP contribution in [0.15, 0.2) is 29.5 Å². The topological polar surface area (TPSA) is 85.9 Å². The molecule has 1 aliphatic heterocycles. The van der Waals surface area contributed by atoms with Gasteiger partial charge in [0.25, 0.3) is 0 Å². The van der Waals surface area contributed by atoms with Crippen LogP contribution in [0.5, 0.6) is 11.5 Å². The largest absolute Gasteiger partial charge is 0.493 e. The van der Waals surface area contributed by atoms with Crippen molar-refractivity contribution in [3.8, 4) is 11.5 Å². The summed E-state index contributed by atoms with van der Waals surface area (Å²) >= 11 is 0. The van der Waals surface area contributed by atoms with Crippen molar-refractivity contribution in [1.29, 1.82) is 0 Å². The molecule has 2 amide bonds. The number of urea groups is 1. The van der Waals surface area contributed by atoms with E-state index in [4.69, 9.17) is 14.2 Å². The van der Waals surface area contributed by atoms with Crippen LogP contribution < -0.4 is 20.1 Å². The van der Waals surface area contributed by atoms with E-state index in [1.165, 1.54) is 0 Å². The summed E-state index contributed by atoms with van der Waals surface area (Å²) in [6, 6.07) is 4.38. The normalized spacial score (nSPS) is 16.7. The molecule has 0 fully saturated rings. The molecule has 7 heteroatoms. The van der Waals surface area contributed by atoms with Gasteiger partial charge >= 0.3 is 12.0 Å². The van der Waals surface area contributed by atoms with Gasteiger partial charge in [-0.15, -0.1) is 0 Å². The number of esters is 1. The molecule has 0 aromatic heterocycles. The minimum atomic E-state index is -0.646. The molecule has 0 bridgehead atoms. The highest BCUT2D eigenvalue weighted by atomic mass is 16.5. The van der Waals surface area contributed by atoms with Gasteiger partial charge in [-0.05, 0) is 43.9 Å². The van der Waals surface area contributed by atoms with Crippen molar-refractivity contribution in [2.24, 2.45) is 5.92 Å². The fourth-order valence-electron chi connectivity index (χ4n) is 2.99. The molecule has 0 radical (unpaired) electrons. The van der Waals surface area contributed by atoms with Crippen LogP contribution in [0.2, 0.25) is 0 Å². The van der Waals surface area contributed by atoms with Crippen LogP contribution in [0.1, 0.15) is 52.6 Å². The molecular formula is C21H30N2O5. The molecule has 2 N–H and O–H groups in total. The molecule has 0 aliphatic carbocycles. The summed E-state index contributed by atoms with van der Waals surface area (Å²) in [6.07, 6.45) is 0.576. The first-order chi connectivity index (χ1) is 13.3. The lowest BCUT2D eigenvalue weighted by molar-refractivity contribution is -0.143. The van der Waals surface area contributed by atoms with E-state index in [1.54, 1.807) is 33.1 Å². The van der Waals surface area contributed by atoms with Crippen LogP contribution in [0.25, 0.3) is 0 Å². The van der Waals surface area contributed by atoms with E-state index in [1.807, 2.05) is 26.8 Å². The number of nitrogens with one attached hydrogen (secondary N) is 2. The molecule has 2 rings (SSSR count). The van der Waals surface area contributed by atoms with E-state index in [2.05, 4.69) is 10.6 Å². The van der Waals surface area contributed by atoms with E-state index >= 15 is 0 Å². The fourth-order valence-corrected chi connectivity index (χ4v) is 2.99. The Balaban J connectivity index is 2.54. The zero-order valence-corrected chi connectivity index (χ0v) is 17.4. The zero-order chi connectivity index (χ0) is 20.8. The number of ether oxygens (including phenoxy) is 3. The highest BCUT2D eigenvalue weighted by Crippen LogP contribution is 2.36. The van der Waals surface area contributed by atoms with Gasteiger partial charge in [0.15, 0.2) is 11.5 Å². The number of allylic oxidation sites excluding steroid dienone is 1. The molecular weight excluding hydrogens is 360 g/mol. The Bertz CT molecular complexity index is 755. The zero-order valence-electron chi connectivity index (χ0n) is 17.4. The SMILES string of the molecule is CCCOc1cc(C2NC(=O)NC(C(C)C)=C2C(=O)OC(C)C)ccc1OC. The lowest BCUT2D eigenvalue weighted by Crippen LogP contribution is -2.47. The first-order valence-corrected chi connectivity index (χ1v) is 9.61. The Morgan fingerprint density at radius 2 is 1.89 bits per heavy atom. The van der Waals surface area contributed by atoms with Gasteiger partial charge in [-0.25, -0.2) is 9.59 Å². The van der Waals surface area contributed by atoms with Crippen LogP contribution in [0, 0.1) is 5.92 Å². The molecule has 154 valence electrons. The summed E-state index contributed by atoms with van der Waals surface area (Å²) < 4.78 is 16.6. The quantitative estimate of drug-likeness (QED) is 0.661. The van der Waals surface area contributed by atoms with E-state index in [0.29, 0.717) is 29.4 Å². The van der Waals surface area contributed by atoms with E-state index in [9.17, 15) is 9.59 Å². The molecule has 7 nitrogen and oxygen atoms in total. The maximum atomic E-state index is 12.9. The van der Waals surface area contributed by atoms with Crippen molar-refractivity contribution < 1.29 is 23.8 Å². The van der Waals surface area contributed by atoms with E-state index in [-0.39, 0.29) is 18.1 Å². The lowest BCUT2D eigenvalue weighted by atomic mass is 9.91. The molecule has 1 aromatic rings. The molecule has 1 atom stereocenters. The number of methoxy groups -OCH3 is 1. The molecule has 28 heavy (non-hydrogen) atoms. The molecule has 1 aliphatic rings. The number of carbonyl (C=O) groups is 2. The molecule has 1 heterocycles. The highest BCUT2D eigenvalue weighted by molar-refractivity contribution is 5.95. The number of hydrogen-bond donors (Lipinski definition) is 2. The van der Waals surface area contributed by atoms with Gasteiger partial charge in [-0.1, -0.05) is 26.8 Å². The molecule has 0 saturated heterocycles. The average Bonchev–Trinajstić information content (AvgIpc) is 2.64. The van der Waals surface area contributed by atoms with Crippen molar-refractivity contribution in [1.82, 2.24) is 10.6 Å². The van der Waals surface area contributed by atoms with Gasteiger partial charge in [-0.3, -0.25) is 0 Å². The minimum absolute atomic E-state index is 0.0580. The molecule has 1 unspecified atom stereocenters. The summed E-state index contributed by atoms with van der Waals surface area (Å²) in [4.78, 5) is 25.1. The van der Waals surface area contributed by atoms with Crippen molar-refractivity contribution in [2.45, 2.75) is 53.2 Å². The van der Waals surface area contributed by atoms with E-state index in [0.717, 1.165) is 12.0 Å². The summed E-state index contributed by atoms with van der Waals surface area (Å²) in [5.74, 6) is 0.648. The van der Waals surface area contributed by atoms with Crippen molar-refractivity contribution in [2.75, 3.05) is 13.7 Å². The van der Waals surface area contributed by atoms with Gasteiger partial charge < -0.3 is 24.8 Å². The predicted octanol–water partition coefficient (Wildman–Crippen LogP) is 3.70. The third-order valence-electron chi connectivity index (χ3n) is 4.23. The number of carbonyl (C=O) groups excluding carboxylic acids is 2. The lowest BCUT2D eigenvalue weighted by Gasteiger charge is -2.31. The van der Waals surface area contributed by atoms with Gasteiger partial charge in [0.05, 0.1) is 31.4 Å². The van der Waals surface area contributed by atoms with Crippen LogP contribution >= 0.6 is 0 Å². The summed E-state index contributed by atoms with van der Waals surface area (Å²) in [7, 11) is 1.57. The molecule has 0 saturated carbocycles. The maximum Gasteiger partial charge on any atom is 0.338 e. The molecule has 1 aromatic carbocycles. The Labute approximate surface area is 166 Å². The van der Waals surface area contributed by atoms with Crippen LogP contribution in [0.4, 0.5) is 4.79 Å². The minimum Gasteiger partial charge on any atom is -0.493 e. The van der Waals surface area contributed by atoms with Crippen LogP contribution in [0.3, 0.4) is 0 Å². The van der Waals surface area contributed by atoms with Gasteiger partial charge in [0.2, 0.25) is 0 Å². The van der Waals surface area contributed by atoms with Crippen molar-refractivity contribution in [3.63, 3.8) is 0 Å². The number of amides is 2. The highest BCUT2D eigenvalue weighted by Gasteiger charge is 2.35. The second-order valence-electron chi connectivity index (χ2n) is 7.23. The maximum absolute atomic E-state index is 12.9. The van der Waals surface area contributed by atoms with Crippen LogP contribution in [-0.4, -0.2) is 31.8 Å². The van der Waals surface area contributed by atoms with E-state index < -0.39 is 12.0 Å². The third-order valence-corrected chi connectivity index (χ3v) is 4.23. The average molecular weight is 390 g/mol.